The summed E-state index contributed by atoms with van der Waals surface area (Å²) in [5, 5.41) is 17.2. The summed E-state index contributed by atoms with van der Waals surface area (Å²) < 4.78 is 11.1. The van der Waals surface area contributed by atoms with Gasteiger partial charge in [0, 0.05) is 8.95 Å². The normalized spacial score (nSPS) is 9.66. The molecule has 4 aromatic rings. The average Bonchev–Trinajstić information content (AvgIpc) is 2.95. The molecule has 9 heteroatoms. The summed E-state index contributed by atoms with van der Waals surface area (Å²) in [6.07, 6.45) is 0. The maximum atomic E-state index is 11.7. The van der Waals surface area contributed by atoms with Crippen molar-refractivity contribution in [3.8, 4) is 11.1 Å². The third kappa shape index (κ3) is 9.57. The predicted octanol–water partition coefficient (Wildman–Crippen LogP) is 5.81. The van der Waals surface area contributed by atoms with Crippen LogP contribution in [0.2, 0.25) is 0 Å². The molecule has 0 bridgehead atoms. The van der Waals surface area contributed by atoms with E-state index >= 15 is 0 Å². The van der Waals surface area contributed by atoms with Crippen molar-refractivity contribution >= 4 is 56.4 Å². The zero-order chi connectivity index (χ0) is 28.1. The van der Waals surface area contributed by atoms with Crippen LogP contribution in [0, 0.1) is 6.92 Å². The summed E-state index contributed by atoms with van der Waals surface area (Å²) in [6.45, 7) is 1.87. The summed E-state index contributed by atoms with van der Waals surface area (Å²) in [5.41, 5.74) is 4.49. The van der Waals surface area contributed by atoms with Crippen molar-refractivity contribution < 1.29 is 29.1 Å². The van der Waals surface area contributed by atoms with Crippen LogP contribution in [0.25, 0.3) is 11.1 Å². The zero-order valence-electron chi connectivity index (χ0n) is 21.1. The second kappa shape index (κ2) is 15.9. The highest BCUT2D eigenvalue weighted by atomic mass is 79.9. The molecule has 38 heavy (non-hydrogen) atoms. The molecular formula is C29H27BBr2O6. The highest BCUT2D eigenvalue weighted by Gasteiger charge is 2.13. The molecule has 0 spiro atoms. The van der Waals surface area contributed by atoms with Crippen LogP contribution in [0.5, 0.6) is 0 Å². The maximum absolute atomic E-state index is 11.7. The van der Waals surface area contributed by atoms with Crippen LogP contribution < -0.4 is 5.46 Å². The molecule has 4 aromatic carbocycles. The van der Waals surface area contributed by atoms with E-state index in [9.17, 15) is 9.59 Å². The summed E-state index contributed by atoms with van der Waals surface area (Å²) >= 11 is 6.64. The van der Waals surface area contributed by atoms with Crippen LogP contribution in [-0.2, 0) is 9.47 Å². The molecule has 0 saturated heterocycles. The minimum Gasteiger partial charge on any atom is -0.465 e. The monoisotopic (exact) mass is 640 g/mol. The van der Waals surface area contributed by atoms with Gasteiger partial charge in [-0.2, -0.15) is 0 Å². The Bertz CT molecular complexity index is 1330. The van der Waals surface area contributed by atoms with Crippen molar-refractivity contribution in [3.63, 3.8) is 0 Å². The maximum Gasteiger partial charge on any atom is 0.488 e. The van der Waals surface area contributed by atoms with Crippen molar-refractivity contribution in [1.29, 1.82) is 0 Å². The van der Waals surface area contributed by atoms with Crippen molar-refractivity contribution in [2.75, 3.05) is 14.2 Å². The number of ether oxygens (including phenoxy) is 2. The zero-order valence-corrected chi connectivity index (χ0v) is 24.3. The fraction of sp³-hybridized carbons (Fsp3) is 0.103. The van der Waals surface area contributed by atoms with Crippen LogP contribution in [0.3, 0.4) is 0 Å². The van der Waals surface area contributed by atoms with E-state index in [0.29, 0.717) is 16.6 Å². The Labute approximate surface area is 239 Å². The van der Waals surface area contributed by atoms with Gasteiger partial charge in [-0.1, -0.05) is 105 Å². The number of hydrogen-bond donors (Lipinski definition) is 2. The number of benzene rings is 4. The lowest BCUT2D eigenvalue weighted by Gasteiger charge is -2.08. The summed E-state index contributed by atoms with van der Waals surface area (Å²) in [5.74, 6) is -0.626. The van der Waals surface area contributed by atoms with E-state index in [1.807, 2.05) is 67.6 Å². The summed E-state index contributed by atoms with van der Waals surface area (Å²) in [6, 6.07) is 29.5. The first-order chi connectivity index (χ1) is 18.2. The van der Waals surface area contributed by atoms with Gasteiger partial charge in [0.05, 0.1) is 25.3 Å². The molecule has 2 N–H and O–H groups in total. The van der Waals surface area contributed by atoms with Crippen molar-refractivity contribution in [1.82, 2.24) is 0 Å². The number of hydrogen-bond acceptors (Lipinski definition) is 6. The Balaban J connectivity index is 0.000000212. The molecule has 4 rings (SSSR count). The van der Waals surface area contributed by atoms with E-state index in [2.05, 4.69) is 36.6 Å². The molecule has 0 aliphatic rings. The number of aryl methyl sites for hydroxylation is 1. The van der Waals surface area contributed by atoms with Crippen molar-refractivity contribution in [2.24, 2.45) is 0 Å². The molecular weight excluding hydrogens is 615 g/mol. The Morgan fingerprint density at radius 1 is 0.684 bits per heavy atom. The second-order valence-corrected chi connectivity index (χ2v) is 9.61. The van der Waals surface area contributed by atoms with Crippen molar-refractivity contribution in [3.05, 3.63) is 123 Å². The largest absolute Gasteiger partial charge is 0.488 e. The first-order valence-electron chi connectivity index (χ1n) is 11.4. The predicted molar refractivity (Wildman–Crippen MR) is 157 cm³/mol. The smallest absolute Gasteiger partial charge is 0.465 e. The van der Waals surface area contributed by atoms with E-state index in [1.54, 1.807) is 36.4 Å². The lowest BCUT2D eigenvalue weighted by atomic mass is 9.81. The highest BCUT2D eigenvalue weighted by Crippen LogP contribution is 2.27. The van der Waals surface area contributed by atoms with Gasteiger partial charge in [0.15, 0.2) is 0 Å². The van der Waals surface area contributed by atoms with Gasteiger partial charge in [-0.15, -0.1) is 0 Å². The molecule has 0 fully saturated rings. The third-order valence-electron chi connectivity index (χ3n) is 5.17. The van der Waals surface area contributed by atoms with Gasteiger partial charge in [0.2, 0.25) is 0 Å². The molecule has 0 unspecified atom stereocenters. The second-order valence-electron chi connectivity index (χ2n) is 7.78. The quantitative estimate of drug-likeness (QED) is 0.216. The lowest BCUT2D eigenvalue weighted by Crippen LogP contribution is -2.29. The van der Waals surface area contributed by atoms with Crippen LogP contribution in [-0.4, -0.2) is 43.3 Å². The van der Waals surface area contributed by atoms with Gasteiger partial charge < -0.3 is 19.5 Å². The first-order valence-corrected chi connectivity index (χ1v) is 12.9. The number of carbonyl (C=O) groups is 2. The van der Waals surface area contributed by atoms with Gasteiger partial charge in [-0.3, -0.25) is 0 Å². The standard InChI is InChI=1S/C14H11BrO2.C9H9BrO2.C6H7BO2/c1-17-14(16)13-9-11(15)7-8-12(13)10-5-3-2-4-6-10;1-6-3-4-7(10)5-8(6)9(11)12-2;8-7(9)6-4-2-1-3-5-6/h2-9H,1H3;3-5H,1-2H3;1-5,8-9H. The number of methoxy groups -OCH3 is 2. The number of carbonyl (C=O) groups excluding carboxylic acids is 2. The Morgan fingerprint density at radius 2 is 1.16 bits per heavy atom. The van der Waals surface area contributed by atoms with Crippen molar-refractivity contribution in [2.45, 2.75) is 6.92 Å². The highest BCUT2D eigenvalue weighted by molar-refractivity contribution is 9.10. The van der Waals surface area contributed by atoms with E-state index in [1.165, 1.54) is 14.2 Å². The van der Waals surface area contributed by atoms with E-state index < -0.39 is 7.12 Å². The number of esters is 2. The summed E-state index contributed by atoms with van der Waals surface area (Å²) in [7, 11) is 1.42. The van der Waals surface area contributed by atoms with E-state index in [-0.39, 0.29) is 11.9 Å². The molecule has 0 aromatic heterocycles. The average molecular weight is 642 g/mol. The fourth-order valence-corrected chi connectivity index (χ4v) is 3.94. The topological polar surface area (TPSA) is 93.1 Å². The molecule has 196 valence electrons. The minimum atomic E-state index is -1.34. The number of rotatable bonds is 4. The van der Waals surface area contributed by atoms with Crippen LogP contribution in [0.15, 0.2) is 106 Å². The van der Waals surface area contributed by atoms with Gasteiger partial charge in [-0.05, 0) is 53.3 Å². The van der Waals surface area contributed by atoms with Gasteiger partial charge in [0.1, 0.15) is 0 Å². The molecule has 0 aliphatic carbocycles. The molecule has 0 aliphatic heterocycles. The van der Waals surface area contributed by atoms with Crippen LogP contribution in [0.1, 0.15) is 26.3 Å². The van der Waals surface area contributed by atoms with Crippen LogP contribution >= 0.6 is 31.9 Å². The molecule has 6 nitrogen and oxygen atoms in total. The number of halogens is 2. The van der Waals surface area contributed by atoms with Gasteiger partial charge in [0.25, 0.3) is 0 Å². The molecule has 0 heterocycles. The molecule has 0 amide bonds. The molecule has 0 radical (unpaired) electrons. The Kier molecular flexibility index (Phi) is 13.0. The lowest BCUT2D eigenvalue weighted by molar-refractivity contribution is 0.0591. The Morgan fingerprint density at radius 3 is 1.66 bits per heavy atom. The minimum absolute atomic E-state index is 0.297. The van der Waals surface area contributed by atoms with Crippen LogP contribution in [0.4, 0.5) is 0 Å². The molecule has 0 atom stereocenters. The SMILES string of the molecule is COC(=O)c1cc(Br)ccc1-c1ccccc1.COC(=O)c1cc(Br)ccc1C.OB(O)c1ccccc1. The van der Waals surface area contributed by atoms with E-state index in [4.69, 9.17) is 14.8 Å². The molecule has 0 saturated carbocycles. The van der Waals surface area contributed by atoms with E-state index in [0.717, 1.165) is 25.6 Å². The Hall–Kier alpha value is -3.24. The first kappa shape index (κ1) is 31.0. The third-order valence-corrected chi connectivity index (χ3v) is 6.16. The van der Waals surface area contributed by atoms with Gasteiger partial charge in [-0.25, -0.2) is 9.59 Å². The summed E-state index contributed by atoms with van der Waals surface area (Å²) in [4.78, 5) is 22.9. The fourth-order valence-electron chi connectivity index (χ4n) is 3.21. The van der Waals surface area contributed by atoms with Gasteiger partial charge >= 0.3 is 19.1 Å².